The molecule has 3 rings (SSSR count). The van der Waals surface area contributed by atoms with Gasteiger partial charge in [-0.1, -0.05) is 12.1 Å². The monoisotopic (exact) mass is 324 g/mol. The highest BCUT2D eigenvalue weighted by Crippen LogP contribution is 2.34. The van der Waals surface area contributed by atoms with E-state index < -0.39 is 0 Å². The lowest BCUT2D eigenvalue weighted by atomic mass is 10.2. The van der Waals surface area contributed by atoms with E-state index in [9.17, 15) is 9.18 Å². The summed E-state index contributed by atoms with van der Waals surface area (Å²) in [5, 5.41) is 0. The van der Waals surface area contributed by atoms with Gasteiger partial charge in [0, 0.05) is 10.4 Å². The molecule has 90 valence electrons. The standard InChI is InChI=1S/C12H6BrFN2OS/c13-7-3-1-2-6(10(7)14)9-4-8-11(18-9)12(17)16-5-15-8/h1-5H,(H,15,16,17). The number of benzene rings is 1. The van der Waals surface area contributed by atoms with Crippen LogP contribution in [-0.4, -0.2) is 9.97 Å². The molecule has 3 nitrogen and oxygen atoms in total. The van der Waals surface area contributed by atoms with Crippen LogP contribution in [0.2, 0.25) is 0 Å². The first-order valence-electron chi connectivity index (χ1n) is 5.08. The topological polar surface area (TPSA) is 45.8 Å². The second-order valence-electron chi connectivity index (χ2n) is 3.66. The van der Waals surface area contributed by atoms with Crippen LogP contribution >= 0.6 is 27.3 Å². The second-order valence-corrected chi connectivity index (χ2v) is 5.56. The zero-order valence-electron chi connectivity index (χ0n) is 8.91. The van der Waals surface area contributed by atoms with Crippen molar-refractivity contribution in [2.75, 3.05) is 0 Å². The number of fused-ring (bicyclic) bond motifs is 1. The Kier molecular flexibility index (Phi) is 2.76. The van der Waals surface area contributed by atoms with Crippen LogP contribution in [0, 0.1) is 5.82 Å². The Labute approximate surface area is 113 Å². The summed E-state index contributed by atoms with van der Waals surface area (Å²) in [6, 6.07) is 6.79. The van der Waals surface area contributed by atoms with Crippen molar-refractivity contribution in [3.63, 3.8) is 0 Å². The average Bonchev–Trinajstić information content (AvgIpc) is 2.78. The molecule has 0 aliphatic heterocycles. The van der Waals surface area contributed by atoms with Crippen molar-refractivity contribution in [2.24, 2.45) is 0 Å². The third-order valence-electron chi connectivity index (χ3n) is 2.54. The van der Waals surface area contributed by atoms with E-state index in [0.29, 0.717) is 25.1 Å². The Hall–Kier alpha value is -1.53. The zero-order chi connectivity index (χ0) is 12.7. The molecule has 0 aliphatic rings. The van der Waals surface area contributed by atoms with E-state index in [4.69, 9.17) is 0 Å². The number of aromatic amines is 1. The summed E-state index contributed by atoms with van der Waals surface area (Å²) in [4.78, 5) is 18.8. The van der Waals surface area contributed by atoms with Gasteiger partial charge in [-0.05, 0) is 28.1 Å². The van der Waals surface area contributed by atoms with Gasteiger partial charge in [0.2, 0.25) is 0 Å². The Morgan fingerprint density at radius 3 is 3.00 bits per heavy atom. The smallest absolute Gasteiger partial charge is 0.268 e. The first-order chi connectivity index (χ1) is 8.66. The molecule has 18 heavy (non-hydrogen) atoms. The normalized spacial score (nSPS) is 11.0. The molecule has 6 heteroatoms. The number of aromatic nitrogens is 2. The highest BCUT2D eigenvalue weighted by Gasteiger charge is 2.12. The van der Waals surface area contributed by atoms with E-state index in [1.54, 1.807) is 24.3 Å². The van der Waals surface area contributed by atoms with Crippen molar-refractivity contribution in [1.29, 1.82) is 0 Å². The zero-order valence-corrected chi connectivity index (χ0v) is 11.3. The van der Waals surface area contributed by atoms with Crippen molar-refractivity contribution in [1.82, 2.24) is 9.97 Å². The van der Waals surface area contributed by atoms with Crippen molar-refractivity contribution in [3.05, 3.63) is 51.2 Å². The molecule has 0 unspecified atom stereocenters. The molecule has 0 radical (unpaired) electrons. The Bertz CT molecular complexity index is 796. The minimum Gasteiger partial charge on any atom is -0.312 e. The van der Waals surface area contributed by atoms with Crippen LogP contribution < -0.4 is 5.56 Å². The molecule has 3 aromatic rings. The average molecular weight is 325 g/mol. The largest absolute Gasteiger partial charge is 0.312 e. The fourth-order valence-electron chi connectivity index (χ4n) is 1.69. The number of hydrogen-bond donors (Lipinski definition) is 1. The summed E-state index contributed by atoms with van der Waals surface area (Å²) in [5.74, 6) is -0.333. The van der Waals surface area contributed by atoms with Crippen molar-refractivity contribution < 1.29 is 4.39 Å². The third-order valence-corrected chi connectivity index (χ3v) is 4.30. The van der Waals surface area contributed by atoms with Crippen LogP contribution in [0.4, 0.5) is 4.39 Å². The number of nitrogens with one attached hydrogen (secondary N) is 1. The van der Waals surface area contributed by atoms with E-state index in [-0.39, 0.29) is 11.4 Å². The van der Waals surface area contributed by atoms with Gasteiger partial charge in [0.15, 0.2) is 0 Å². The number of H-pyrrole nitrogens is 1. The first-order valence-corrected chi connectivity index (χ1v) is 6.69. The maximum Gasteiger partial charge on any atom is 0.268 e. The molecule has 0 fully saturated rings. The number of hydrogen-bond acceptors (Lipinski definition) is 3. The molecule has 0 aliphatic carbocycles. The molecular formula is C12H6BrFN2OS. The third kappa shape index (κ3) is 1.77. The van der Waals surface area contributed by atoms with Crippen LogP contribution in [0.1, 0.15) is 0 Å². The van der Waals surface area contributed by atoms with Crippen LogP contribution in [0.5, 0.6) is 0 Å². The maximum atomic E-state index is 14.0. The Morgan fingerprint density at radius 1 is 1.39 bits per heavy atom. The predicted molar refractivity (Wildman–Crippen MR) is 73.3 cm³/mol. The fourth-order valence-corrected chi connectivity index (χ4v) is 3.08. The molecule has 0 atom stereocenters. The first kappa shape index (κ1) is 11.6. The molecular weight excluding hydrogens is 319 g/mol. The molecule has 1 N–H and O–H groups in total. The Morgan fingerprint density at radius 2 is 2.22 bits per heavy atom. The molecule has 0 saturated heterocycles. The van der Waals surface area contributed by atoms with Crippen LogP contribution in [0.25, 0.3) is 20.7 Å². The van der Waals surface area contributed by atoms with Gasteiger partial charge in [-0.15, -0.1) is 11.3 Å². The van der Waals surface area contributed by atoms with Gasteiger partial charge in [-0.3, -0.25) is 4.79 Å². The van der Waals surface area contributed by atoms with Gasteiger partial charge >= 0.3 is 0 Å². The number of halogens is 2. The molecule has 2 heterocycles. The van der Waals surface area contributed by atoms with Gasteiger partial charge in [-0.2, -0.15) is 0 Å². The number of thiophene rings is 1. The van der Waals surface area contributed by atoms with Gasteiger partial charge in [0.05, 0.1) is 16.3 Å². The van der Waals surface area contributed by atoms with E-state index in [1.807, 2.05) is 0 Å². The molecule has 0 saturated carbocycles. The van der Waals surface area contributed by atoms with Gasteiger partial charge < -0.3 is 4.98 Å². The fraction of sp³-hybridized carbons (Fsp3) is 0. The highest BCUT2D eigenvalue weighted by atomic mass is 79.9. The van der Waals surface area contributed by atoms with E-state index in [1.165, 1.54) is 17.7 Å². The summed E-state index contributed by atoms with van der Waals surface area (Å²) in [6.45, 7) is 0. The second kappa shape index (κ2) is 4.29. The lowest BCUT2D eigenvalue weighted by molar-refractivity contribution is 0.625. The van der Waals surface area contributed by atoms with Crippen molar-refractivity contribution in [3.8, 4) is 10.4 Å². The summed E-state index contributed by atoms with van der Waals surface area (Å²) < 4.78 is 14.9. The van der Waals surface area contributed by atoms with E-state index >= 15 is 0 Å². The van der Waals surface area contributed by atoms with E-state index in [2.05, 4.69) is 25.9 Å². The van der Waals surface area contributed by atoms with Crippen LogP contribution in [0.15, 0.2) is 39.9 Å². The molecule has 0 bridgehead atoms. The molecule has 2 aromatic heterocycles. The lowest BCUT2D eigenvalue weighted by Crippen LogP contribution is -2.02. The van der Waals surface area contributed by atoms with Gasteiger partial charge in [0.25, 0.3) is 5.56 Å². The van der Waals surface area contributed by atoms with Gasteiger partial charge in [-0.25, -0.2) is 9.37 Å². The summed E-state index contributed by atoms with van der Waals surface area (Å²) >= 11 is 4.38. The lowest BCUT2D eigenvalue weighted by Gasteiger charge is -2.00. The van der Waals surface area contributed by atoms with Crippen LogP contribution in [0.3, 0.4) is 0 Å². The maximum absolute atomic E-state index is 14.0. The number of rotatable bonds is 1. The predicted octanol–water partition coefficient (Wildman–Crippen LogP) is 3.55. The minimum absolute atomic E-state index is 0.202. The number of nitrogens with zero attached hydrogens (tertiary/aromatic N) is 1. The molecule has 0 spiro atoms. The minimum atomic E-state index is -0.333. The summed E-state index contributed by atoms with van der Waals surface area (Å²) in [7, 11) is 0. The quantitative estimate of drug-likeness (QED) is 0.744. The van der Waals surface area contributed by atoms with Crippen molar-refractivity contribution >= 4 is 37.5 Å². The summed E-state index contributed by atoms with van der Waals surface area (Å²) in [5.41, 5.74) is 0.844. The SMILES string of the molecule is O=c1[nH]cnc2cc(-c3cccc(Br)c3F)sc12. The highest BCUT2D eigenvalue weighted by molar-refractivity contribution is 9.10. The molecule has 0 amide bonds. The van der Waals surface area contributed by atoms with Crippen LogP contribution in [-0.2, 0) is 0 Å². The Balaban J connectivity index is 2.29. The van der Waals surface area contributed by atoms with Gasteiger partial charge in [0.1, 0.15) is 10.5 Å². The summed E-state index contributed by atoms with van der Waals surface area (Å²) in [6.07, 6.45) is 1.35. The van der Waals surface area contributed by atoms with Crippen molar-refractivity contribution in [2.45, 2.75) is 0 Å². The van der Waals surface area contributed by atoms with E-state index in [0.717, 1.165) is 0 Å². The molecule has 1 aromatic carbocycles.